The number of alkyl halides is 3. The molecule has 8 heteroatoms. The topological polar surface area (TPSA) is 45.2 Å². The lowest BCUT2D eigenvalue weighted by Gasteiger charge is -2.29. The standard InChI is InChI=1S/C19H22F3N5/c1-13-14(3-2-8-23-13)11-26-10-7-16(12-26)27(15-4-5-15)18-24-9-6-17(25-18)19(20,21)22/h2-3,6,8-9,15-16H,4-5,7,10-12H2,1H3. The van der Waals surface area contributed by atoms with Crippen LogP contribution in [0, 0.1) is 6.92 Å². The number of likely N-dealkylation sites (tertiary alicyclic amines) is 1. The first-order valence-corrected chi connectivity index (χ1v) is 9.23. The fraction of sp³-hybridized carbons (Fsp3) is 0.526. The fourth-order valence-electron chi connectivity index (χ4n) is 3.72. The third kappa shape index (κ3) is 4.05. The van der Waals surface area contributed by atoms with Crippen LogP contribution in [0.25, 0.3) is 0 Å². The van der Waals surface area contributed by atoms with Crippen molar-refractivity contribution in [2.75, 3.05) is 18.0 Å². The van der Waals surface area contributed by atoms with Crippen molar-refractivity contribution in [3.63, 3.8) is 0 Å². The number of hydrogen-bond acceptors (Lipinski definition) is 5. The average Bonchev–Trinajstić information content (AvgIpc) is 3.36. The maximum absolute atomic E-state index is 13.0. The predicted octanol–water partition coefficient (Wildman–Crippen LogP) is 3.44. The Balaban J connectivity index is 1.50. The lowest BCUT2D eigenvalue weighted by atomic mass is 10.2. The zero-order valence-corrected chi connectivity index (χ0v) is 15.2. The van der Waals surface area contributed by atoms with Gasteiger partial charge in [-0.3, -0.25) is 9.88 Å². The molecule has 5 nitrogen and oxygen atoms in total. The van der Waals surface area contributed by atoms with Crippen LogP contribution in [0.1, 0.15) is 36.2 Å². The molecule has 1 saturated heterocycles. The average molecular weight is 377 g/mol. The van der Waals surface area contributed by atoms with Gasteiger partial charge >= 0.3 is 6.18 Å². The number of rotatable bonds is 5. The minimum atomic E-state index is -4.45. The van der Waals surface area contributed by atoms with Crippen molar-refractivity contribution in [2.24, 2.45) is 0 Å². The first-order valence-electron chi connectivity index (χ1n) is 9.23. The number of aryl methyl sites for hydroxylation is 1. The molecule has 144 valence electrons. The number of nitrogens with zero attached hydrogens (tertiary/aromatic N) is 5. The van der Waals surface area contributed by atoms with Gasteiger partial charge < -0.3 is 4.90 Å². The lowest BCUT2D eigenvalue weighted by Crippen LogP contribution is -2.40. The molecule has 2 aromatic rings. The van der Waals surface area contributed by atoms with Gasteiger partial charge in [0, 0.05) is 49.8 Å². The molecule has 2 aliphatic rings. The molecule has 1 saturated carbocycles. The molecule has 0 N–H and O–H groups in total. The molecule has 0 spiro atoms. The van der Waals surface area contributed by atoms with Crippen LogP contribution in [-0.4, -0.2) is 45.0 Å². The Labute approximate surface area is 156 Å². The van der Waals surface area contributed by atoms with Crippen LogP contribution < -0.4 is 4.90 Å². The highest BCUT2D eigenvalue weighted by atomic mass is 19.4. The Morgan fingerprint density at radius 1 is 1.11 bits per heavy atom. The van der Waals surface area contributed by atoms with E-state index in [-0.39, 0.29) is 18.0 Å². The summed E-state index contributed by atoms with van der Waals surface area (Å²) < 4.78 is 39.1. The van der Waals surface area contributed by atoms with Gasteiger partial charge in [-0.1, -0.05) is 6.07 Å². The Morgan fingerprint density at radius 3 is 2.63 bits per heavy atom. The van der Waals surface area contributed by atoms with Crippen LogP contribution in [0.4, 0.5) is 19.1 Å². The van der Waals surface area contributed by atoms with Gasteiger partial charge in [0.1, 0.15) is 5.69 Å². The lowest BCUT2D eigenvalue weighted by molar-refractivity contribution is -0.141. The Morgan fingerprint density at radius 2 is 1.93 bits per heavy atom. The van der Waals surface area contributed by atoms with Crippen molar-refractivity contribution < 1.29 is 13.2 Å². The summed E-state index contributed by atoms with van der Waals surface area (Å²) in [6.07, 6.45) is 1.41. The van der Waals surface area contributed by atoms with Crippen LogP contribution in [0.3, 0.4) is 0 Å². The molecule has 0 radical (unpaired) electrons. The summed E-state index contributed by atoms with van der Waals surface area (Å²) in [6.45, 7) is 4.50. The Bertz CT molecular complexity index is 806. The summed E-state index contributed by atoms with van der Waals surface area (Å²) in [6, 6.07) is 5.32. The van der Waals surface area contributed by atoms with E-state index in [0.29, 0.717) is 0 Å². The first-order chi connectivity index (χ1) is 12.9. The molecule has 2 fully saturated rings. The van der Waals surface area contributed by atoms with Crippen molar-refractivity contribution in [1.82, 2.24) is 19.9 Å². The molecule has 1 aliphatic heterocycles. The summed E-state index contributed by atoms with van der Waals surface area (Å²) in [5.41, 5.74) is 1.33. The highest BCUT2D eigenvalue weighted by molar-refractivity contribution is 5.37. The van der Waals surface area contributed by atoms with E-state index in [9.17, 15) is 13.2 Å². The zero-order chi connectivity index (χ0) is 19.0. The van der Waals surface area contributed by atoms with Crippen LogP contribution in [0.15, 0.2) is 30.6 Å². The normalized spacial score (nSPS) is 20.8. The number of pyridine rings is 1. The molecule has 2 aromatic heterocycles. The fourth-order valence-corrected chi connectivity index (χ4v) is 3.72. The van der Waals surface area contributed by atoms with E-state index in [0.717, 1.165) is 50.7 Å². The van der Waals surface area contributed by atoms with Crippen molar-refractivity contribution in [3.8, 4) is 0 Å². The van der Waals surface area contributed by atoms with Crippen LogP contribution in [0.2, 0.25) is 0 Å². The van der Waals surface area contributed by atoms with E-state index in [2.05, 4.69) is 25.9 Å². The van der Waals surface area contributed by atoms with Gasteiger partial charge in [-0.2, -0.15) is 13.2 Å². The van der Waals surface area contributed by atoms with Gasteiger partial charge in [-0.05, 0) is 43.9 Å². The highest BCUT2D eigenvalue weighted by Gasteiger charge is 2.40. The van der Waals surface area contributed by atoms with E-state index in [1.807, 2.05) is 17.9 Å². The van der Waals surface area contributed by atoms with Crippen molar-refractivity contribution in [2.45, 2.75) is 51.0 Å². The van der Waals surface area contributed by atoms with E-state index < -0.39 is 11.9 Å². The molecule has 1 atom stereocenters. The Hall–Kier alpha value is -2.22. The SMILES string of the molecule is Cc1ncccc1CN1CCC(N(c2nccc(C(F)(F)F)n2)C2CC2)C1. The minimum Gasteiger partial charge on any atom is -0.334 e. The van der Waals surface area contributed by atoms with Crippen molar-refractivity contribution in [1.29, 1.82) is 0 Å². The van der Waals surface area contributed by atoms with Crippen LogP contribution in [0.5, 0.6) is 0 Å². The molecule has 3 heterocycles. The molecule has 0 amide bonds. The maximum Gasteiger partial charge on any atom is 0.433 e. The second-order valence-electron chi connectivity index (χ2n) is 7.30. The van der Waals surface area contributed by atoms with Gasteiger partial charge in [0.25, 0.3) is 0 Å². The van der Waals surface area contributed by atoms with Crippen LogP contribution >= 0.6 is 0 Å². The molecule has 0 bridgehead atoms. The maximum atomic E-state index is 13.0. The molecule has 1 unspecified atom stereocenters. The van der Waals surface area contributed by atoms with Gasteiger partial charge in [0.05, 0.1) is 0 Å². The van der Waals surface area contributed by atoms with E-state index in [4.69, 9.17) is 0 Å². The second kappa shape index (κ2) is 7.07. The third-order valence-corrected chi connectivity index (χ3v) is 5.26. The number of halogens is 3. The molecule has 0 aromatic carbocycles. The molecular weight excluding hydrogens is 355 g/mol. The molecule has 27 heavy (non-hydrogen) atoms. The van der Waals surface area contributed by atoms with E-state index >= 15 is 0 Å². The minimum absolute atomic E-state index is 0.137. The number of anilines is 1. The smallest absolute Gasteiger partial charge is 0.334 e. The Kier molecular flexibility index (Phi) is 4.75. The molecular formula is C19H22F3N5. The van der Waals surface area contributed by atoms with Gasteiger partial charge in [-0.15, -0.1) is 0 Å². The highest BCUT2D eigenvalue weighted by Crippen LogP contribution is 2.36. The molecule has 4 rings (SSSR count). The van der Waals surface area contributed by atoms with Crippen LogP contribution in [-0.2, 0) is 12.7 Å². The van der Waals surface area contributed by atoms with Crippen molar-refractivity contribution in [3.05, 3.63) is 47.5 Å². The van der Waals surface area contributed by atoms with Gasteiger partial charge in [-0.25, -0.2) is 9.97 Å². The zero-order valence-electron chi connectivity index (χ0n) is 15.2. The predicted molar refractivity (Wildman–Crippen MR) is 95.2 cm³/mol. The summed E-state index contributed by atoms with van der Waals surface area (Å²) >= 11 is 0. The second-order valence-corrected chi connectivity index (χ2v) is 7.30. The van der Waals surface area contributed by atoms with E-state index in [1.165, 1.54) is 11.8 Å². The third-order valence-electron chi connectivity index (χ3n) is 5.26. The summed E-state index contributed by atoms with van der Waals surface area (Å²) in [4.78, 5) is 16.7. The van der Waals surface area contributed by atoms with E-state index in [1.54, 1.807) is 6.20 Å². The van der Waals surface area contributed by atoms with Gasteiger partial charge in [0.15, 0.2) is 0 Å². The van der Waals surface area contributed by atoms with Gasteiger partial charge in [0.2, 0.25) is 5.95 Å². The summed E-state index contributed by atoms with van der Waals surface area (Å²) in [5, 5.41) is 0. The monoisotopic (exact) mass is 377 g/mol. The quantitative estimate of drug-likeness (QED) is 0.799. The largest absolute Gasteiger partial charge is 0.433 e. The number of hydrogen-bond donors (Lipinski definition) is 0. The molecule has 1 aliphatic carbocycles. The summed E-state index contributed by atoms with van der Waals surface area (Å²) in [7, 11) is 0. The first kappa shape index (κ1) is 18.2. The summed E-state index contributed by atoms with van der Waals surface area (Å²) in [5.74, 6) is 0.205. The van der Waals surface area contributed by atoms with Crippen molar-refractivity contribution >= 4 is 5.95 Å². The number of aromatic nitrogens is 3.